The van der Waals surface area contributed by atoms with Gasteiger partial charge in [-0.2, -0.15) is 0 Å². The van der Waals surface area contributed by atoms with E-state index < -0.39 is 0 Å². The third-order valence-electron chi connectivity index (χ3n) is 2.77. The summed E-state index contributed by atoms with van der Waals surface area (Å²) in [7, 11) is 0. The molecule has 17 heavy (non-hydrogen) atoms. The molecule has 0 N–H and O–H groups in total. The molecule has 0 amide bonds. The molecule has 1 aromatic carbocycles. The van der Waals surface area contributed by atoms with Crippen molar-refractivity contribution in [1.82, 2.24) is 9.97 Å². The summed E-state index contributed by atoms with van der Waals surface area (Å²) in [4.78, 5) is 8.51. The van der Waals surface area contributed by atoms with Crippen LogP contribution >= 0.6 is 0 Å². The van der Waals surface area contributed by atoms with Gasteiger partial charge in [-0.25, -0.2) is 9.97 Å². The first-order valence-electron chi connectivity index (χ1n) is 5.91. The van der Waals surface area contributed by atoms with E-state index in [0.29, 0.717) is 0 Å². The molecule has 2 aromatic rings. The summed E-state index contributed by atoms with van der Waals surface area (Å²) in [6, 6.07) is 10.5. The Bertz CT molecular complexity index is 484. The van der Waals surface area contributed by atoms with Gasteiger partial charge < -0.3 is 0 Å². The number of nitrogens with zero attached hydrogens (tertiary/aromatic N) is 2. The van der Waals surface area contributed by atoms with Gasteiger partial charge in [0.25, 0.3) is 0 Å². The average Bonchev–Trinajstić information content (AvgIpc) is 2.29. The minimum Gasteiger partial charge on any atom is -0.241 e. The van der Waals surface area contributed by atoms with Crippen molar-refractivity contribution in [2.45, 2.75) is 32.6 Å². The van der Waals surface area contributed by atoms with Crippen LogP contribution in [0, 0.1) is 0 Å². The van der Waals surface area contributed by atoms with E-state index in [1.165, 1.54) is 11.1 Å². The van der Waals surface area contributed by atoms with Crippen LogP contribution in [0.5, 0.6) is 0 Å². The Hall–Kier alpha value is -1.70. The van der Waals surface area contributed by atoms with Crippen LogP contribution < -0.4 is 0 Å². The summed E-state index contributed by atoms with van der Waals surface area (Å²) < 4.78 is 0. The van der Waals surface area contributed by atoms with Crippen LogP contribution in [0.4, 0.5) is 0 Å². The second-order valence-electron chi connectivity index (χ2n) is 5.29. The summed E-state index contributed by atoms with van der Waals surface area (Å²) in [5, 5.41) is 0. The molecule has 2 rings (SSSR count). The topological polar surface area (TPSA) is 25.8 Å². The Balaban J connectivity index is 2.23. The molecule has 0 unspecified atom stereocenters. The van der Waals surface area contributed by atoms with Crippen LogP contribution in [-0.4, -0.2) is 9.97 Å². The molecule has 0 radical (unpaired) electrons. The van der Waals surface area contributed by atoms with Crippen molar-refractivity contribution in [3.05, 3.63) is 59.7 Å². The molecule has 2 heteroatoms. The maximum absolute atomic E-state index is 4.25. The van der Waals surface area contributed by atoms with Gasteiger partial charge >= 0.3 is 0 Å². The van der Waals surface area contributed by atoms with Gasteiger partial charge in [-0.1, -0.05) is 45.0 Å². The molecule has 0 aliphatic heterocycles. The molecule has 0 saturated heterocycles. The molecule has 0 spiro atoms. The lowest BCUT2D eigenvalue weighted by Gasteiger charge is -2.19. The van der Waals surface area contributed by atoms with E-state index in [-0.39, 0.29) is 5.41 Å². The third-order valence-corrected chi connectivity index (χ3v) is 2.77. The van der Waals surface area contributed by atoms with E-state index >= 15 is 0 Å². The molecular formula is C15H18N2. The Labute approximate surface area is 103 Å². The number of rotatable bonds is 2. The second-order valence-corrected chi connectivity index (χ2v) is 5.29. The van der Waals surface area contributed by atoms with Gasteiger partial charge in [0.05, 0.1) is 0 Å². The fourth-order valence-electron chi connectivity index (χ4n) is 1.75. The normalized spacial score (nSPS) is 11.5. The maximum atomic E-state index is 4.25. The quantitative estimate of drug-likeness (QED) is 0.784. The van der Waals surface area contributed by atoms with E-state index in [9.17, 15) is 0 Å². The molecule has 0 bridgehead atoms. The zero-order valence-electron chi connectivity index (χ0n) is 10.6. The van der Waals surface area contributed by atoms with E-state index in [0.717, 1.165) is 12.2 Å². The molecule has 0 saturated carbocycles. The number of benzene rings is 1. The van der Waals surface area contributed by atoms with Gasteiger partial charge in [0, 0.05) is 18.8 Å². The predicted molar refractivity (Wildman–Crippen MR) is 70.0 cm³/mol. The highest BCUT2D eigenvalue weighted by atomic mass is 14.8. The second kappa shape index (κ2) is 4.66. The van der Waals surface area contributed by atoms with E-state index in [1.54, 1.807) is 12.4 Å². The summed E-state index contributed by atoms with van der Waals surface area (Å²) >= 11 is 0. The number of hydrogen-bond acceptors (Lipinski definition) is 2. The number of hydrogen-bond donors (Lipinski definition) is 0. The lowest BCUT2D eigenvalue weighted by Crippen LogP contribution is -2.11. The Morgan fingerprint density at radius 3 is 2.35 bits per heavy atom. The minimum absolute atomic E-state index is 0.188. The van der Waals surface area contributed by atoms with E-state index in [4.69, 9.17) is 0 Å². The first-order valence-corrected chi connectivity index (χ1v) is 5.91. The van der Waals surface area contributed by atoms with Gasteiger partial charge in [-0.15, -0.1) is 0 Å². The van der Waals surface area contributed by atoms with Crippen LogP contribution in [0.2, 0.25) is 0 Å². The predicted octanol–water partition coefficient (Wildman–Crippen LogP) is 3.36. The molecular weight excluding hydrogens is 208 g/mol. The van der Waals surface area contributed by atoms with Gasteiger partial charge in [0.1, 0.15) is 5.82 Å². The first-order chi connectivity index (χ1) is 8.05. The molecule has 1 heterocycles. The van der Waals surface area contributed by atoms with E-state index in [1.807, 2.05) is 6.07 Å². The fraction of sp³-hybridized carbons (Fsp3) is 0.333. The third kappa shape index (κ3) is 3.13. The first kappa shape index (κ1) is 11.8. The van der Waals surface area contributed by atoms with Crippen molar-refractivity contribution >= 4 is 0 Å². The van der Waals surface area contributed by atoms with Gasteiger partial charge in [-0.05, 0) is 22.6 Å². The highest BCUT2D eigenvalue weighted by Crippen LogP contribution is 2.23. The van der Waals surface area contributed by atoms with Crippen LogP contribution in [0.1, 0.15) is 37.7 Å². The van der Waals surface area contributed by atoms with Crippen LogP contribution in [-0.2, 0) is 11.8 Å². The Morgan fingerprint density at radius 2 is 1.71 bits per heavy atom. The molecule has 0 aliphatic rings. The van der Waals surface area contributed by atoms with Gasteiger partial charge in [0.15, 0.2) is 0 Å². The minimum atomic E-state index is 0.188. The lowest BCUT2D eigenvalue weighted by atomic mass is 9.86. The zero-order valence-corrected chi connectivity index (χ0v) is 10.6. The standard InChI is InChI=1S/C15H18N2/c1-15(2,3)13-7-4-6-12(10-13)11-14-16-8-5-9-17-14/h4-10H,11H2,1-3H3. The van der Waals surface area contributed by atoms with Gasteiger partial charge in [0.2, 0.25) is 0 Å². The Morgan fingerprint density at radius 1 is 1.00 bits per heavy atom. The summed E-state index contributed by atoms with van der Waals surface area (Å²) in [5.41, 5.74) is 2.81. The maximum Gasteiger partial charge on any atom is 0.132 e. The highest BCUT2D eigenvalue weighted by Gasteiger charge is 2.13. The Kier molecular flexibility index (Phi) is 3.23. The molecule has 1 aromatic heterocycles. The average molecular weight is 226 g/mol. The van der Waals surface area contributed by atoms with Crippen molar-refractivity contribution in [2.75, 3.05) is 0 Å². The van der Waals surface area contributed by atoms with Gasteiger partial charge in [-0.3, -0.25) is 0 Å². The van der Waals surface area contributed by atoms with Crippen LogP contribution in [0.25, 0.3) is 0 Å². The zero-order chi connectivity index (χ0) is 12.3. The van der Waals surface area contributed by atoms with Crippen LogP contribution in [0.3, 0.4) is 0 Å². The van der Waals surface area contributed by atoms with Crippen LogP contribution in [0.15, 0.2) is 42.7 Å². The van der Waals surface area contributed by atoms with Crippen molar-refractivity contribution in [3.8, 4) is 0 Å². The molecule has 2 nitrogen and oxygen atoms in total. The monoisotopic (exact) mass is 226 g/mol. The number of aromatic nitrogens is 2. The molecule has 0 fully saturated rings. The SMILES string of the molecule is CC(C)(C)c1cccc(Cc2ncccn2)c1. The molecule has 0 aliphatic carbocycles. The highest BCUT2D eigenvalue weighted by molar-refractivity contribution is 5.30. The fourth-order valence-corrected chi connectivity index (χ4v) is 1.75. The lowest BCUT2D eigenvalue weighted by molar-refractivity contribution is 0.589. The summed E-state index contributed by atoms with van der Waals surface area (Å²) in [6.07, 6.45) is 4.37. The van der Waals surface area contributed by atoms with Crippen molar-refractivity contribution in [2.24, 2.45) is 0 Å². The molecule has 0 atom stereocenters. The van der Waals surface area contributed by atoms with Crippen molar-refractivity contribution in [3.63, 3.8) is 0 Å². The molecule has 88 valence electrons. The largest absolute Gasteiger partial charge is 0.241 e. The summed E-state index contributed by atoms with van der Waals surface area (Å²) in [5.74, 6) is 0.874. The summed E-state index contributed by atoms with van der Waals surface area (Å²) in [6.45, 7) is 6.68. The van der Waals surface area contributed by atoms with Crippen molar-refractivity contribution < 1.29 is 0 Å². The van der Waals surface area contributed by atoms with E-state index in [2.05, 4.69) is 55.0 Å². The van der Waals surface area contributed by atoms with Crippen molar-refractivity contribution in [1.29, 1.82) is 0 Å². The smallest absolute Gasteiger partial charge is 0.132 e.